The molecular formula is C22H24N4O3. The van der Waals surface area contributed by atoms with Gasteiger partial charge in [-0.25, -0.2) is 4.79 Å². The summed E-state index contributed by atoms with van der Waals surface area (Å²) in [6.07, 6.45) is 7.13. The van der Waals surface area contributed by atoms with E-state index < -0.39 is 0 Å². The summed E-state index contributed by atoms with van der Waals surface area (Å²) >= 11 is 0. The van der Waals surface area contributed by atoms with E-state index in [1.54, 1.807) is 12.3 Å². The van der Waals surface area contributed by atoms with Crippen LogP contribution in [0.3, 0.4) is 0 Å². The lowest BCUT2D eigenvalue weighted by atomic mass is 10.0. The number of rotatable bonds is 5. The molecular weight excluding hydrogens is 368 g/mol. The number of carbonyl (C=O) groups is 2. The van der Waals surface area contributed by atoms with Gasteiger partial charge in [0.2, 0.25) is 0 Å². The second-order valence-corrected chi connectivity index (χ2v) is 7.18. The standard InChI is InChI=1S/C22H24N4O3/c1-29-22(28)20-8-4-13-26(20)18-9-14-24(15-10-18)21(27)19-7-3-2-6-17(19)16-25-12-5-11-23-25/h2-8,11-13,18H,9-10,14-16H2,1H3. The van der Waals surface area contributed by atoms with Gasteiger partial charge in [0.15, 0.2) is 0 Å². The maximum absolute atomic E-state index is 13.2. The Morgan fingerprint density at radius 2 is 1.86 bits per heavy atom. The lowest BCUT2D eigenvalue weighted by Gasteiger charge is -2.33. The van der Waals surface area contributed by atoms with Crippen molar-refractivity contribution in [3.63, 3.8) is 0 Å². The van der Waals surface area contributed by atoms with Gasteiger partial charge in [-0.15, -0.1) is 0 Å². The lowest BCUT2D eigenvalue weighted by Crippen LogP contribution is -2.39. The third-order valence-corrected chi connectivity index (χ3v) is 5.46. The third kappa shape index (κ3) is 3.94. The summed E-state index contributed by atoms with van der Waals surface area (Å²) in [6, 6.07) is 13.4. The molecule has 1 aliphatic heterocycles. The van der Waals surface area contributed by atoms with Gasteiger partial charge in [-0.2, -0.15) is 5.10 Å². The van der Waals surface area contributed by atoms with Crippen LogP contribution >= 0.6 is 0 Å². The number of ether oxygens (including phenoxy) is 1. The molecule has 0 bridgehead atoms. The highest BCUT2D eigenvalue weighted by Gasteiger charge is 2.27. The molecule has 2 aromatic heterocycles. The van der Waals surface area contributed by atoms with E-state index in [-0.39, 0.29) is 17.9 Å². The molecule has 0 spiro atoms. The number of hydrogen-bond donors (Lipinski definition) is 0. The van der Waals surface area contributed by atoms with Crippen LogP contribution in [0.5, 0.6) is 0 Å². The van der Waals surface area contributed by atoms with Gasteiger partial charge in [-0.05, 0) is 42.7 Å². The molecule has 7 nitrogen and oxygen atoms in total. The van der Waals surface area contributed by atoms with E-state index in [0.29, 0.717) is 25.3 Å². The fraction of sp³-hybridized carbons (Fsp3) is 0.318. The predicted molar refractivity (Wildman–Crippen MR) is 108 cm³/mol. The second-order valence-electron chi connectivity index (χ2n) is 7.18. The number of methoxy groups -OCH3 is 1. The second kappa shape index (κ2) is 8.34. The van der Waals surface area contributed by atoms with E-state index in [4.69, 9.17) is 4.74 Å². The van der Waals surface area contributed by atoms with Crippen LogP contribution < -0.4 is 0 Å². The minimum Gasteiger partial charge on any atom is -0.464 e. The molecule has 0 aliphatic carbocycles. The Balaban J connectivity index is 1.45. The maximum atomic E-state index is 13.2. The number of benzene rings is 1. The van der Waals surface area contributed by atoms with Gasteiger partial charge in [-0.1, -0.05) is 18.2 Å². The zero-order valence-electron chi connectivity index (χ0n) is 16.4. The summed E-state index contributed by atoms with van der Waals surface area (Å²) in [6.45, 7) is 1.87. The Kier molecular flexibility index (Phi) is 5.46. The van der Waals surface area contributed by atoms with Gasteiger partial charge >= 0.3 is 5.97 Å². The van der Waals surface area contributed by atoms with Crippen LogP contribution in [0.2, 0.25) is 0 Å². The molecule has 4 rings (SSSR count). The molecule has 0 saturated carbocycles. The van der Waals surface area contributed by atoms with Crippen molar-refractivity contribution >= 4 is 11.9 Å². The normalized spacial score (nSPS) is 14.7. The smallest absolute Gasteiger partial charge is 0.354 e. The quantitative estimate of drug-likeness (QED) is 0.626. The van der Waals surface area contributed by atoms with Crippen molar-refractivity contribution in [2.45, 2.75) is 25.4 Å². The zero-order chi connectivity index (χ0) is 20.2. The number of piperidine rings is 1. The minimum absolute atomic E-state index is 0.0481. The van der Waals surface area contributed by atoms with E-state index in [1.807, 2.05) is 62.9 Å². The topological polar surface area (TPSA) is 69.4 Å². The molecule has 3 aromatic rings. The SMILES string of the molecule is COC(=O)c1cccn1C1CCN(C(=O)c2ccccc2Cn2cccn2)CC1. The molecule has 0 unspecified atom stereocenters. The Labute approximate surface area is 169 Å². The molecule has 29 heavy (non-hydrogen) atoms. The average molecular weight is 392 g/mol. The first-order valence-electron chi connectivity index (χ1n) is 9.77. The molecule has 0 N–H and O–H groups in total. The van der Waals surface area contributed by atoms with E-state index in [1.165, 1.54) is 7.11 Å². The monoisotopic (exact) mass is 392 g/mol. The first-order chi connectivity index (χ1) is 14.2. The predicted octanol–water partition coefficient (Wildman–Crippen LogP) is 3.00. The number of esters is 1. The van der Waals surface area contributed by atoms with Crippen LogP contribution in [0, 0.1) is 0 Å². The van der Waals surface area contributed by atoms with E-state index in [9.17, 15) is 9.59 Å². The van der Waals surface area contributed by atoms with Crippen LogP contribution in [0.1, 0.15) is 45.3 Å². The van der Waals surface area contributed by atoms with Gasteiger partial charge in [0, 0.05) is 43.3 Å². The Hall–Kier alpha value is -3.35. The average Bonchev–Trinajstić information content (AvgIpc) is 3.45. The van der Waals surface area contributed by atoms with Gasteiger partial charge < -0.3 is 14.2 Å². The van der Waals surface area contributed by atoms with Crippen LogP contribution in [0.25, 0.3) is 0 Å². The fourth-order valence-electron chi connectivity index (χ4n) is 3.94. The van der Waals surface area contributed by atoms with Crippen molar-refractivity contribution in [1.82, 2.24) is 19.2 Å². The van der Waals surface area contributed by atoms with Crippen molar-refractivity contribution in [1.29, 1.82) is 0 Å². The molecule has 150 valence electrons. The van der Waals surface area contributed by atoms with Crippen molar-refractivity contribution in [3.05, 3.63) is 77.9 Å². The first kappa shape index (κ1) is 19.0. The van der Waals surface area contributed by atoms with Gasteiger partial charge in [0.05, 0.1) is 13.7 Å². The summed E-state index contributed by atoms with van der Waals surface area (Å²) in [4.78, 5) is 27.0. The number of likely N-dealkylation sites (tertiary alicyclic amines) is 1. The van der Waals surface area contributed by atoms with Crippen LogP contribution in [0.15, 0.2) is 61.1 Å². The molecule has 0 radical (unpaired) electrons. The van der Waals surface area contributed by atoms with E-state index in [2.05, 4.69) is 5.10 Å². The highest BCUT2D eigenvalue weighted by molar-refractivity contribution is 5.95. The van der Waals surface area contributed by atoms with E-state index in [0.717, 1.165) is 24.0 Å². The Morgan fingerprint density at radius 3 is 2.59 bits per heavy atom. The van der Waals surface area contributed by atoms with Crippen LogP contribution in [0.4, 0.5) is 0 Å². The fourth-order valence-corrected chi connectivity index (χ4v) is 3.94. The number of amides is 1. The third-order valence-electron chi connectivity index (χ3n) is 5.46. The molecule has 0 atom stereocenters. The Bertz CT molecular complexity index is 985. The van der Waals surface area contributed by atoms with Crippen molar-refractivity contribution in [2.75, 3.05) is 20.2 Å². The summed E-state index contributed by atoms with van der Waals surface area (Å²) in [5.74, 6) is -0.284. The number of hydrogen-bond acceptors (Lipinski definition) is 4. The highest BCUT2D eigenvalue weighted by atomic mass is 16.5. The summed E-state index contributed by atoms with van der Waals surface area (Å²) in [7, 11) is 1.39. The first-order valence-corrected chi connectivity index (χ1v) is 9.77. The lowest BCUT2D eigenvalue weighted by molar-refractivity contribution is 0.0573. The minimum atomic E-state index is -0.332. The largest absolute Gasteiger partial charge is 0.464 e. The summed E-state index contributed by atoms with van der Waals surface area (Å²) < 4.78 is 8.66. The van der Waals surface area contributed by atoms with E-state index >= 15 is 0 Å². The summed E-state index contributed by atoms with van der Waals surface area (Å²) in [5.41, 5.74) is 2.24. The Morgan fingerprint density at radius 1 is 1.07 bits per heavy atom. The highest BCUT2D eigenvalue weighted by Crippen LogP contribution is 2.26. The van der Waals surface area contributed by atoms with Crippen molar-refractivity contribution in [2.24, 2.45) is 0 Å². The van der Waals surface area contributed by atoms with Crippen LogP contribution in [-0.4, -0.2) is 51.3 Å². The summed E-state index contributed by atoms with van der Waals surface area (Å²) in [5, 5.41) is 4.24. The van der Waals surface area contributed by atoms with Gasteiger partial charge in [-0.3, -0.25) is 9.48 Å². The molecule has 1 saturated heterocycles. The zero-order valence-corrected chi connectivity index (χ0v) is 16.4. The number of nitrogens with zero attached hydrogens (tertiary/aromatic N) is 4. The van der Waals surface area contributed by atoms with Gasteiger partial charge in [0.25, 0.3) is 5.91 Å². The van der Waals surface area contributed by atoms with Crippen molar-refractivity contribution in [3.8, 4) is 0 Å². The molecule has 7 heteroatoms. The van der Waals surface area contributed by atoms with Crippen molar-refractivity contribution < 1.29 is 14.3 Å². The number of carbonyl (C=O) groups excluding carboxylic acids is 2. The molecule has 1 amide bonds. The maximum Gasteiger partial charge on any atom is 0.354 e. The van der Waals surface area contributed by atoms with Gasteiger partial charge in [0.1, 0.15) is 5.69 Å². The number of aromatic nitrogens is 3. The molecule has 1 aromatic carbocycles. The molecule has 1 aliphatic rings. The van der Waals surface area contributed by atoms with Crippen LogP contribution in [-0.2, 0) is 11.3 Å². The molecule has 3 heterocycles. The molecule has 1 fully saturated rings.